The predicted molar refractivity (Wildman–Crippen MR) is 227 cm³/mol. The number of likely N-dealkylation sites (N-methyl/N-ethyl adjacent to an activating group) is 1. The fraction of sp³-hybridized carbons (Fsp3) is 0.458. The number of esters is 1. The predicted octanol–water partition coefficient (Wildman–Crippen LogP) is 6.88. The van der Waals surface area contributed by atoms with Crippen LogP contribution in [0.1, 0.15) is 97.6 Å². The van der Waals surface area contributed by atoms with Crippen molar-refractivity contribution in [3.8, 4) is 51.7 Å². The summed E-state index contributed by atoms with van der Waals surface area (Å²) in [6, 6.07) is 15.3. The Morgan fingerprint density at radius 3 is 2.69 bits per heavy atom. The number of aromatic hydroxyl groups is 2. The number of methoxy groups -OCH3 is 1. The summed E-state index contributed by atoms with van der Waals surface area (Å²) in [5, 5.41) is 29.3. The number of aromatic nitrogens is 1. The van der Waals surface area contributed by atoms with Crippen LogP contribution in [0.5, 0.6) is 28.7 Å². The maximum atomic E-state index is 12.5. The summed E-state index contributed by atoms with van der Waals surface area (Å²) in [5.74, 6) is 9.18. The lowest BCUT2D eigenvalue weighted by molar-refractivity contribution is -0.141. The Morgan fingerprint density at radius 2 is 1.92 bits per heavy atom. The number of nitrogens with zero attached hydrogens (tertiary/aromatic N) is 1. The molecular formula is C48H56N4O7. The van der Waals surface area contributed by atoms with Crippen LogP contribution in [-0.4, -0.2) is 67.7 Å². The smallest absolute Gasteiger partial charge is 0.302 e. The van der Waals surface area contributed by atoms with Gasteiger partial charge >= 0.3 is 5.97 Å². The van der Waals surface area contributed by atoms with Crippen LogP contribution < -0.4 is 30.6 Å². The molecule has 2 aliphatic carbocycles. The lowest BCUT2D eigenvalue weighted by atomic mass is 9.65. The Morgan fingerprint density at radius 1 is 1.07 bits per heavy atom. The highest BCUT2D eigenvalue weighted by Crippen LogP contribution is 2.62. The Hall–Kier alpha value is -5.44. The van der Waals surface area contributed by atoms with Gasteiger partial charge in [-0.25, -0.2) is 4.98 Å². The number of nitrogens with two attached hydrogens (primary N) is 1. The lowest BCUT2D eigenvalue weighted by Gasteiger charge is -2.39. The molecule has 11 nitrogen and oxygen atoms in total. The molecule has 0 radical (unpaired) electrons. The number of anilines is 1. The van der Waals surface area contributed by atoms with Gasteiger partial charge in [-0.3, -0.25) is 4.79 Å². The van der Waals surface area contributed by atoms with Gasteiger partial charge in [-0.1, -0.05) is 38.0 Å². The van der Waals surface area contributed by atoms with E-state index >= 15 is 0 Å². The minimum atomic E-state index is -0.605. The van der Waals surface area contributed by atoms with Gasteiger partial charge in [0.2, 0.25) is 0 Å². The number of carbonyl (C=O) groups is 1. The molecule has 4 aliphatic rings. The molecule has 3 heterocycles. The molecule has 59 heavy (non-hydrogen) atoms. The van der Waals surface area contributed by atoms with Crippen molar-refractivity contribution in [2.45, 2.75) is 89.3 Å². The van der Waals surface area contributed by atoms with Crippen LogP contribution in [0.15, 0.2) is 48.5 Å². The molecule has 310 valence electrons. The first-order chi connectivity index (χ1) is 28.5. The van der Waals surface area contributed by atoms with E-state index in [1.54, 1.807) is 19.2 Å². The van der Waals surface area contributed by atoms with Crippen molar-refractivity contribution < 1.29 is 34.0 Å². The van der Waals surface area contributed by atoms with Crippen molar-refractivity contribution >= 4 is 11.8 Å². The van der Waals surface area contributed by atoms with Gasteiger partial charge in [-0.15, -0.1) is 0 Å². The topological polar surface area (TPSA) is 157 Å². The largest absolute Gasteiger partial charge is 0.508 e. The molecule has 1 saturated carbocycles. The molecule has 4 bridgehead atoms. The lowest BCUT2D eigenvalue weighted by Crippen LogP contribution is -2.39. The maximum Gasteiger partial charge on any atom is 0.302 e. The number of hydrogen-bond donors (Lipinski definition) is 5. The summed E-state index contributed by atoms with van der Waals surface area (Å²) in [6.07, 6.45) is 4.70. The molecule has 4 aromatic rings. The Labute approximate surface area is 347 Å². The maximum absolute atomic E-state index is 12.5. The van der Waals surface area contributed by atoms with Crippen molar-refractivity contribution in [1.29, 1.82) is 0 Å². The van der Waals surface area contributed by atoms with Gasteiger partial charge in [-0.2, -0.15) is 0 Å². The molecule has 0 amide bonds. The highest BCUT2D eigenvalue weighted by atomic mass is 16.5. The van der Waals surface area contributed by atoms with Crippen LogP contribution in [-0.2, 0) is 34.2 Å². The second-order valence-electron chi connectivity index (χ2n) is 17.2. The minimum absolute atomic E-state index is 0.00200. The Kier molecular flexibility index (Phi) is 11.4. The summed E-state index contributed by atoms with van der Waals surface area (Å²) in [6.45, 7) is 7.92. The second kappa shape index (κ2) is 16.7. The molecule has 5 unspecified atom stereocenters. The quantitative estimate of drug-likeness (QED) is 0.0579. The number of ether oxygens (including phenoxy) is 4. The van der Waals surface area contributed by atoms with Crippen molar-refractivity contribution in [3.05, 3.63) is 87.6 Å². The third kappa shape index (κ3) is 8.00. The van der Waals surface area contributed by atoms with Crippen molar-refractivity contribution in [2.24, 2.45) is 11.8 Å². The molecule has 11 heteroatoms. The summed E-state index contributed by atoms with van der Waals surface area (Å²) < 4.78 is 25.7. The molecule has 3 aromatic carbocycles. The van der Waals surface area contributed by atoms with Crippen LogP contribution in [0, 0.1) is 23.7 Å². The highest BCUT2D eigenvalue weighted by Gasteiger charge is 2.51. The van der Waals surface area contributed by atoms with E-state index in [0.29, 0.717) is 54.4 Å². The zero-order chi connectivity index (χ0) is 41.4. The molecule has 6 N–H and O–H groups in total. The highest BCUT2D eigenvalue weighted by molar-refractivity contribution is 5.84. The average Bonchev–Trinajstić information content (AvgIpc) is 3.77. The van der Waals surface area contributed by atoms with E-state index in [2.05, 4.69) is 54.5 Å². The molecule has 5 atom stereocenters. The first kappa shape index (κ1) is 40.3. The second-order valence-corrected chi connectivity index (χ2v) is 17.2. The van der Waals surface area contributed by atoms with Gasteiger partial charge in [0.25, 0.3) is 0 Å². The fourth-order valence-corrected chi connectivity index (χ4v) is 9.97. The monoisotopic (exact) mass is 800 g/mol. The number of phenolic OH excluding ortho intramolecular Hbond substituents is 2. The number of hydrogen-bond acceptors (Lipinski definition) is 11. The summed E-state index contributed by atoms with van der Waals surface area (Å²) in [7, 11) is 3.52. The van der Waals surface area contributed by atoms with Crippen LogP contribution in [0.25, 0.3) is 11.1 Å². The van der Waals surface area contributed by atoms with E-state index in [1.165, 1.54) is 6.92 Å². The van der Waals surface area contributed by atoms with E-state index in [0.717, 1.165) is 88.9 Å². The van der Waals surface area contributed by atoms with Gasteiger partial charge in [-0.05, 0) is 116 Å². The van der Waals surface area contributed by atoms with Gasteiger partial charge in [0, 0.05) is 60.2 Å². The van der Waals surface area contributed by atoms with Gasteiger partial charge in [0.05, 0.1) is 13.0 Å². The first-order valence-electron chi connectivity index (χ1n) is 21.0. The number of benzene rings is 3. The standard InChI is InChI=1S/C48H56N4O7/c1-27(2)14-16-51-25-34(24-50-4)58-41-21-37-30(19-40(41)55)7-6-8-39-31(9-12-43(49)52-39)17-29-13-15-48(22-29)23-32-18-33(54)20-42(56-5)44(32)36-11-10-35-38(26-57-28(3)53)46(37)59-47(35)45(36)48/h9-12,18-21,27,29,34,38,46,50-51,54-55H,7,13-17,22-26H2,1-5H3,(H2,49,52). The van der Waals surface area contributed by atoms with Crippen LogP contribution in [0.4, 0.5) is 5.82 Å². The van der Waals surface area contributed by atoms with Crippen LogP contribution in [0.2, 0.25) is 0 Å². The Bertz CT molecular complexity index is 2310. The summed E-state index contributed by atoms with van der Waals surface area (Å²) >= 11 is 0. The number of phenols is 2. The first-order valence-corrected chi connectivity index (χ1v) is 21.0. The van der Waals surface area contributed by atoms with Crippen LogP contribution >= 0.6 is 0 Å². The average molecular weight is 801 g/mol. The van der Waals surface area contributed by atoms with E-state index in [9.17, 15) is 15.0 Å². The number of rotatable bonds is 12. The molecule has 1 fully saturated rings. The van der Waals surface area contributed by atoms with Crippen molar-refractivity contribution in [2.75, 3.05) is 46.1 Å². The van der Waals surface area contributed by atoms with E-state index in [1.807, 2.05) is 25.2 Å². The normalized spacial score (nSPS) is 21.4. The van der Waals surface area contributed by atoms with E-state index in [-0.39, 0.29) is 47.9 Å². The molecule has 2 aliphatic heterocycles. The molecular weight excluding hydrogens is 745 g/mol. The van der Waals surface area contributed by atoms with Crippen LogP contribution in [0.3, 0.4) is 0 Å². The van der Waals surface area contributed by atoms with Gasteiger partial charge in [0.1, 0.15) is 47.6 Å². The summed E-state index contributed by atoms with van der Waals surface area (Å²) in [4.78, 5) is 17.2. The minimum Gasteiger partial charge on any atom is -0.508 e. The number of nitrogens with one attached hydrogen (secondary N) is 2. The number of carbonyl (C=O) groups excluding carboxylic acids is 1. The van der Waals surface area contributed by atoms with Crippen molar-refractivity contribution in [1.82, 2.24) is 15.6 Å². The number of nitrogen functional groups attached to an aromatic ring is 1. The van der Waals surface area contributed by atoms with Gasteiger partial charge < -0.3 is 45.5 Å². The number of fused-ring (bicyclic) bond motifs is 7. The molecule has 0 saturated heterocycles. The third-order valence-corrected chi connectivity index (χ3v) is 12.6. The summed E-state index contributed by atoms with van der Waals surface area (Å²) in [5.41, 5.74) is 14.3. The SMILES string of the molecule is CNCC(CNCCC(C)C)Oc1cc2c(cc1O)CC#Cc1nc(N)ccc1CC1CCC3(Cc4cc(O)cc(OC)c4-c4ccc5c(c43)OC2C5COC(C)=O)C1. The van der Waals surface area contributed by atoms with E-state index < -0.39 is 6.10 Å². The zero-order valence-electron chi connectivity index (χ0n) is 34.7. The third-order valence-electron chi connectivity index (χ3n) is 12.6. The molecule has 8 rings (SSSR count). The fourth-order valence-electron chi connectivity index (χ4n) is 9.97. The van der Waals surface area contributed by atoms with E-state index in [4.69, 9.17) is 29.7 Å². The molecule has 1 spiro atoms. The van der Waals surface area contributed by atoms with Crippen molar-refractivity contribution in [3.63, 3.8) is 0 Å². The number of pyridine rings is 1. The molecule has 1 aromatic heterocycles. The zero-order valence-corrected chi connectivity index (χ0v) is 34.7. The van der Waals surface area contributed by atoms with Gasteiger partial charge in [0.15, 0.2) is 11.5 Å². The Balaban J connectivity index is 1.31.